The van der Waals surface area contributed by atoms with Gasteiger partial charge in [-0.15, -0.1) is 0 Å². The molecule has 2 atom stereocenters. The van der Waals surface area contributed by atoms with Gasteiger partial charge in [-0.3, -0.25) is 39.2 Å². The predicted octanol–water partition coefficient (Wildman–Crippen LogP) is 8.82. The van der Waals surface area contributed by atoms with Crippen molar-refractivity contribution in [3.63, 3.8) is 0 Å². The topological polar surface area (TPSA) is 299 Å². The molecule has 2 unspecified atom stereocenters. The number of hydrogen-bond acceptors (Lipinski definition) is 14. The van der Waals surface area contributed by atoms with Crippen molar-refractivity contribution >= 4 is 58.8 Å². The number of hydrogen-bond donors (Lipinski definition) is 8. The van der Waals surface area contributed by atoms with Crippen LogP contribution in [0.2, 0.25) is 0 Å². The zero-order valence-corrected chi connectivity index (χ0v) is 48.9. The van der Waals surface area contributed by atoms with Crippen LogP contribution in [0.15, 0.2) is 134 Å². The average molecular weight is 1170 g/mol. The van der Waals surface area contributed by atoms with Crippen LogP contribution in [0.4, 0.5) is 23.3 Å². The molecule has 6 aromatic rings. The van der Waals surface area contributed by atoms with Crippen molar-refractivity contribution < 1.29 is 48.5 Å². The number of nitrogens with one attached hydrogen (secondary N) is 6. The number of carbonyl (C=O) groups excluding carboxylic acids is 4. The number of carbonyl (C=O) groups is 6. The van der Waals surface area contributed by atoms with E-state index in [2.05, 4.69) is 61.4 Å². The summed E-state index contributed by atoms with van der Waals surface area (Å²) in [5, 5.41) is 41.9. The summed E-state index contributed by atoms with van der Waals surface area (Å²) in [5.74, 6) is -0.358. The summed E-state index contributed by atoms with van der Waals surface area (Å²) in [6, 6.07) is 27.3. The number of ether oxygens (including phenoxy) is 2. The van der Waals surface area contributed by atoms with Crippen LogP contribution >= 0.6 is 0 Å². The molecule has 452 valence electrons. The van der Waals surface area contributed by atoms with Gasteiger partial charge < -0.3 is 41.0 Å². The Morgan fingerprint density at radius 2 is 0.919 bits per heavy atom. The van der Waals surface area contributed by atoms with Crippen LogP contribution < -0.4 is 21.3 Å². The SMILES string of the molecule is CC(C)C(C(=O)Nc1cc(C2CC2)[nH]n1)c1cccc(-c2ccc(NC(=O)/C=C/CN3CCOCC3)nc2)c1.CC(C)C(C(=O)Nc1cc(C2CC2)[nH]n1)c1cccc(-c2ccc(NC(=O)/C=C/CN3CCOCC3)nc2)c1.O=C(O)/C=C/C(=O)O. The van der Waals surface area contributed by atoms with E-state index in [0.29, 0.717) is 47.3 Å². The lowest BCUT2D eigenvalue weighted by Crippen LogP contribution is -2.36. The number of rotatable bonds is 22. The summed E-state index contributed by atoms with van der Waals surface area (Å²) in [6.45, 7) is 16.1. The fourth-order valence-corrected chi connectivity index (χ4v) is 9.86. The summed E-state index contributed by atoms with van der Waals surface area (Å²) < 4.78 is 10.7. The predicted molar refractivity (Wildman–Crippen MR) is 327 cm³/mol. The molecule has 0 spiro atoms. The van der Waals surface area contributed by atoms with E-state index in [1.54, 1.807) is 36.7 Å². The lowest BCUT2D eigenvalue weighted by atomic mass is 9.86. The van der Waals surface area contributed by atoms with E-state index in [-0.39, 0.29) is 47.3 Å². The first-order valence-electron chi connectivity index (χ1n) is 29.1. The molecule has 22 heteroatoms. The molecule has 4 aromatic heterocycles. The second-order valence-corrected chi connectivity index (χ2v) is 22.1. The molecule has 0 bridgehead atoms. The minimum Gasteiger partial charge on any atom is -0.478 e. The number of aromatic nitrogens is 6. The van der Waals surface area contributed by atoms with E-state index < -0.39 is 11.9 Å². The fraction of sp³-hybridized carbons (Fsp3) is 0.375. The normalized spacial score (nSPS) is 16.2. The van der Waals surface area contributed by atoms with Crippen LogP contribution in [0.3, 0.4) is 0 Å². The largest absolute Gasteiger partial charge is 0.478 e. The van der Waals surface area contributed by atoms with Crippen molar-refractivity contribution in [1.29, 1.82) is 0 Å². The summed E-state index contributed by atoms with van der Waals surface area (Å²) in [4.78, 5) is 83.6. The highest BCUT2D eigenvalue weighted by Crippen LogP contribution is 2.41. The number of carboxylic acid groups (broad SMARTS) is 2. The number of anilines is 4. The van der Waals surface area contributed by atoms with Gasteiger partial charge in [-0.05, 0) is 84.0 Å². The Hall–Kier alpha value is -8.96. The van der Waals surface area contributed by atoms with Crippen molar-refractivity contribution in [2.24, 2.45) is 11.8 Å². The Labute approximate surface area is 500 Å². The number of morpholine rings is 2. The first-order valence-corrected chi connectivity index (χ1v) is 29.1. The van der Waals surface area contributed by atoms with Crippen LogP contribution in [-0.2, 0) is 38.2 Å². The molecule has 86 heavy (non-hydrogen) atoms. The molecule has 4 aliphatic rings. The summed E-state index contributed by atoms with van der Waals surface area (Å²) >= 11 is 0. The second kappa shape index (κ2) is 31.3. The van der Waals surface area contributed by atoms with Crippen molar-refractivity contribution in [1.82, 2.24) is 40.2 Å². The van der Waals surface area contributed by atoms with E-state index in [1.807, 2.05) is 113 Å². The molecule has 2 aliphatic heterocycles. The minimum atomic E-state index is -1.26. The Morgan fingerprint density at radius 3 is 1.26 bits per heavy atom. The molecule has 8 N–H and O–H groups in total. The lowest BCUT2D eigenvalue weighted by Gasteiger charge is -2.24. The summed E-state index contributed by atoms with van der Waals surface area (Å²) in [5.41, 5.74) is 7.76. The molecular formula is C64H76N12O10. The Kier molecular flexibility index (Phi) is 22.9. The van der Waals surface area contributed by atoms with Crippen LogP contribution in [0.25, 0.3) is 22.3 Å². The Morgan fingerprint density at radius 1 is 0.523 bits per heavy atom. The molecule has 4 amide bonds. The lowest BCUT2D eigenvalue weighted by molar-refractivity contribution is -0.134. The van der Waals surface area contributed by atoms with Crippen LogP contribution in [0.1, 0.15) is 99.6 Å². The number of carboxylic acids is 2. The van der Waals surface area contributed by atoms with Crippen molar-refractivity contribution in [3.05, 3.63) is 156 Å². The van der Waals surface area contributed by atoms with Gasteiger partial charge in [-0.25, -0.2) is 19.6 Å². The molecule has 2 saturated heterocycles. The van der Waals surface area contributed by atoms with Gasteiger partial charge in [0.05, 0.1) is 38.3 Å². The highest BCUT2D eigenvalue weighted by atomic mass is 16.5. The molecule has 2 aliphatic carbocycles. The standard InChI is InChI=1S/2C30H36N6O3.C4H4O4/c2*1-20(2)29(30(38)33-27-18-25(34-35-27)21-8-9-21)23-6-3-5-22(17-23)24-10-11-26(31-19-24)32-28(37)7-4-12-36-13-15-39-16-14-36;5-3(6)1-2-4(7)8/h2*3-7,10-11,17-21,29H,8-9,12-16H2,1-2H3,(H,31,32,37)(H2,33,34,35,38);1-2H,(H,5,6)(H,7,8)/b2*7-4+;2-1+. The molecule has 22 nitrogen and oxygen atoms in total. The Bertz CT molecular complexity index is 3110. The molecule has 2 aromatic carbocycles. The third-order valence-corrected chi connectivity index (χ3v) is 14.7. The highest BCUT2D eigenvalue weighted by Gasteiger charge is 2.30. The van der Waals surface area contributed by atoms with Gasteiger partial charge in [0.2, 0.25) is 23.6 Å². The zero-order valence-electron chi connectivity index (χ0n) is 48.9. The number of benzene rings is 2. The second-order valence-electron chi connectivity index (χ2n) is 22.1. The van der Waals surface area contributed by atoms with E-state index >= 15 is 0 Å². The molecule has 6 heterocycles. The maximum Gasteiger partial charge on any atom is 0.328 e. The maximum atomic E-state index is 13.3. The Balaban J connectivity index is 0.000000198. The summed E-state index contributed by atoms with van der Waals surface area (Å²) in [7, 11) is 0. The first kappa shape index (κ1) is 63.1. The number of H-pyrrole nitrogens is 2. The average Bonchev–Trinajstić information content (AvgIpc) is 3.61. The van der Waals surface area contributed by atoms with Gasteiger partial charge >= 0.3 is 11.9 Å². The monoisotopic (exact) mass is 1170 g/mol. The number of nitrogens with zero attached hydrogens (tertiary/aromatic N) is 6. The van der Waals surface area contributed by atoms with Crippen LogP contribution in [-0.4, -0.2) is 152 Å². The van der Waals surface area contributed by atoms with Gasteiger partial charge in [0.15, 0.2) is 11.6 Å². The van der Waals surface area contributed by atoms with E-state index in [1.165, 1.54) is 25.7 Å². The van der Waals surface area contributed by atoms with Crippen LogP contribution in [0, 0.1) is 11.8 Å². The van der Waals surface area contributed by atoms with Crippen molar-refractivity contribution in [2.45, 2.75) is 77.0 Å². The highest BCUT2D eigenvalue weighted by molar-refractivity contribution is 6.00. The molecule has 10 rings (SSSR count). The maximum absolute atomic E-state index is 13.3. The quantitative estimate of drug-likeness (QED) is 0.0294. The van der Waals surface area contributed by atoms with Gasteiger partial charge in [-0.1, -0.05) is 88.4 Å². The molecule has 4 fully saturated rings. The van der Waals surface area contributed by atoms with Crippen molar-refractivity contribution in [2.75, 3.05) is 87.0 Å². The smallest absolute Gasteiger partial charge is 0.328 e. The zero-order chi connectivity index (χ0) is 61.0. The van der Waals surface area contributed by atoms with E-state index in [4.69, 9.17) is 19.7 Å². The van der Waals surface area contributed by atoms with E-state index in [9.17, 15) is 28.8 Å². The van der Waals surface area contributed by atoms with E-state index in [0.717, 1.165) is 110 Å². The molecular weight excluding hydrogens is 1100 g/mol. The number of aliphatic carboxylic acids is 2. The summed E-state index contributed by atoms with van der Waals surface area (Å²) in [6.07, 6.45) is 16.1. The van der Waals surface area contributed by atoms with Crippen molar-refractivity contribution in [3.8, 4) is 22.3 Å². The van der Waals surface area contributed by atoms with Gasteiger partial charge in [0.1, 0.15) is 11.6 Å². The van der Waals surface area contributed by atoms with Gasteiger partial charge in [-0.2, -0.15) is 10.2 Å². The third kappa shape index (κ3) is 19.8. The molecule has 2 saturated carbocycles. The molecule has 0 radical (unpaired) electrons. The minimum absolute atomic E-state index is 0.0751. The van der Waals surface area contributed by atoms with Gasteiger partial charge in [0.25, 0.3) is 0 Å². The van der Waals surface area contributed by atoms with Gasteiger partial charge in [0, 0.05) is 122 Å². The number of amides is 4. The van der Waals surface area contributed by atoms with Crippen LogP contribution in [0.5, 0.6) is 0 Å². The number of pyridine rings is 2. The fourth-order valence-electron chi connectivity index (χ4n) is 9.86. The number of aromatic amines is 2. The third-order valence-electron chi connectivity index (χ3n) is 14.7. The first-order chi connectivity index (χ1) is 41.5.